The second-order valence-electron chi connectivity index (χ2n) is 5.78. The quantitative estimate of drug-likeness (QED) is 0.717. The van der Waals surface area contributed by atoms with E-state index in [0.717, 1.165) is 22.5 Å². The molecule has 0 radical (unpaired) electrons. The molecule has 23 heavy (non-hydrogen) atoms. The number of aromatic nitrogens is 2. The summed E-state index contributed by atoms with van der Waals surface area (Å²) in [5.74, 6) is 1.13. The topological polar surface area (TPSA) is 64.5 Å². The maximum atomic E-state index is 9.34. The normalized spacial score (nSPS) is 12.3. The van der Waals surface area contributed by atoms with Crippen molar-refractivity contribution in [1.82, 2.24) is 9.97 Å². The van der Waals surface area contributed by atoms with Gasteiger partial charge in [-0.3, -0.25) is 0 Å². The van der Waals surface area contributed by atoms with E-state index in [4.69, 9.17) is 11.6 Å². The largest absolute Gasteiger partial charge is 0.374 e. The van der Waals surface area contributed by atoms with Gasteiger partial charge in [0.05, 0.1) is 33.3 Å². The molecule has 0 bridgehead atoms. The van der Waals surface area contributed by atoms with E-state index in [1.807, 2.05) is 36.4 Å². The summed E-state index contributed by atoms with van der Waals surface area (Å²) in [4.78, 5) is 8.03. The Labute approximate surface area is 140 Å². The molecule has 0 spiro atoms. The molecule has 5 heteroatoms. The molecule has 3 aromatic rings. The average molecular weight is 325 g/mol. The molecule has 3 rings (SSSR count). The highest BCUT2D eigenvalue weighted by molar-refractivity contribution is 6.32. The van der Waals surface area contributed by atoms with Crippen LogP contribution in [-0.2, 0) is 0 Å². The van der Waals surface area contributed by atoms with Gasteiger partial charge in [0.2, 0.25) is 0 Å². The zero-order valence-corrected chi connectivity index (χ0v) is 13.7. The van der Waals surface area contributed by atoms with Crippen LogP contribution in [0.3, 0.4) is 0 Å². The summed E-state index contributed by atoms with van der Waals surface area (Å²) in [5, 5.41) is 13.2. The highest BCUT2D eigenvalue weighted by atomic mass is 35.5. The molecule has 0 amide bonds. The van der Waals surface area contributed by atoms with E-state index in [9.17, 15) is 5.26 Å². The lowest BCUT2D eigenvalue weighted by Crippen LogP contribution is -2.19. The van der Waals surface area contributed by atoms with E-state index in [0.29, 0.717) is 10.6 Å². The van der Waals surface area contributed by atoms with Gasteiger partial charge in [0.25, 0.3) is 0 Å². The number of nitrogens with zero attached hydrogens (tertiary/aromatic N) is 2. The summed E-state index contributed by atoms with van der Waals surface area (Å²) >= 11 is 6.12. The van der Waals surface area contributed by atoms with Crippen LogP contribution in [0.25, 0.3) is 11.0 Å². The number of hydrogen-bond donors (Lipinski definition) is 2. The average Bonchev–Trinajstić information content (AvgIpc) is 2.95. The Hall–Kier alpha value is -2.51. The van der Waals surface area contributed by atoms with Crippen LogP contribution in [0, 0.1) is 17.2 Å². The van der Waals surface area contributed by atoms with Crippen molar-refractivity contribution in [2.24, 2.45) is 5.92 Å². The fraction of sp³-hybridized carbons (Fsp3) is 0.222. The highest BCUT2D eigenvalue weighted by Gasteiger charge is 2.21. The number of nitrogens with one attached hydrogen (secondary N) is 2. The lowest BCUT2D eigenvalue weighted by atomic mass is 10.0. The summed E-state index contributed by atoms with van der Waals surface area (Å²) in [6.45, 7) is 4.23. The molecule has 0 aliphatic carbocycles. The van der Waals surface area contributed by atoms with Crippen molar-refractivity contribution >= 4 is 28.3 Å². The van der Waals surface area contributed by atoms with Gasteiger partial charge < -0.3 is 10.3 Å². The molecule has 1 atom stereocenters. The van der Waals surface area contributed by atoms with Crippen LogP contribution in [-0.4, -0.2) is 9.97 Å². The third kappa shape index (κ3) is 3.01. The first-order valence-corrected chi connectivity index (χ1v) is 7.87. The first kappa shape index (κ1) is 15.4. The Bertz CT molecular complexity index is 843. The predicted molar refractivity (Wildman–Crippen MR) is 93.5 cm³/mol. The Balaban J connectivity index is 2.00. The van der Waals surface area contributed by atoms with Crippen molar-refractivity contribution in [2.45, 2.75) is 19.9 Å². The highest BCUT2D eigenvalue weighted by Crippen LogP contribution is 2.30. The molecule has 0 aliphatic rings. The number of benzene rings is 2. The van der Waals surface area contributed by atoms with Crippen molar-refractivity contribution in [3.63, 3.8) is 0 Å². The summed E-state index contributed by atoms with van der Waals surface area (Å²) in [6, 6.07) is 15.5. The Morgan fingerprint density at radius 2 is 1.96 bits per heavy atom. The first-order valence-electron chi connectivity index (χ1n) is 7.50. The third-order valence-electron chi connectivity index (χ3n) is 3.81. The number of anilines is 1. The zero-order chi connectivity index (χ0) is 16.4. The van der Waals surface area contributed by atoms with Crippen LogP contribution in [0.1, 0.15) is 31.3 Å². The lowest BCUT2D eigenvalue weighted by Gasteiger charge is -2.22. The van der Waals surface area contributed by atoms with E-state index < -0.39 is 0 Å². The monoisotopic (exact) mass is 324 g/mol. The number of imidazole rings is 1. The number of fused-ring (bicyclic) bond motifs is 1. The van der Waals surface area contributed by atoms with E-state index in [-0.39, 0.29) is 12.0 Å². The van der Waals surface area contributed by atoms with Gasteiger partial charge in [-0.25, -0.2) is 4.98 Å². The van der Waals surface area contributed by atoms with E-state index >= 15 is 0 Å². The molecule has 0 saturated carbocycles. The van der Waals surface area contributed by atoms with Gasteiger partial charge in [-0.2, -0.15) is 5.26 Å². The fourth-order valence-electron chi connectivity index (χ4n) is 2.60. The molecular formula is C18H17ClN4. The van der Waals surface area contributed by atoms with Crippen molar-refractivity contribution in [3.05, 3.63) is 58.9 Å². The van der Waals surface area contributed by atoms with Crippen molar-refractivity contribution in [1.29, 1.82) is 5.26 Å². The van der Waals surface area contributed by atoms with Crippen molar-refractivity contribution in [3.8, 4) is 6.07 Å². The maximum Gasteiger partial charge on any atom is 0.130 e. The zero-order valence-electron chi connectivity index (χ0n) is 13.0. The number of rotatable bonds is 4. The summed E-state index contributed by atoms with van der Waals surface area (Å²) < 4.78 is 0. The number of hydrogen-bond acceptors (Lipinski definition) is 3. The lowest BCUT2D eigenvalue weighted by molar-refractivity contribution is 0.527. The molecule has 4 nitrogen and oxygen atoms in total. The molecule has 0 saturated heterocycles. The molecule has 1 unspecified atom stereocenters. The fourth-order valence-corrected chi connectivity index (χ4v) is 2.81. The van der Waals surface area contributed by atoms with Gasteiger partial charge in [-0.05, 0) is 30.2 Å². The number of halogens is 1. The van der Waals surface area contributed by atoms with Crippen LogP contribution in [0.15, 0.2) is 42.5 Å². The summed E-state index contributed by atoms with van der Waals surface area (Å²) in [5.41, 5.74) is 3.11. The minimum absolute atomic E-state index is 0.0482. The van der Waals surface area contributed by atoms with E-state index in [1.54, 1.807) is 6.07 Å². The van der Waals surface area contributed by atoms with Crippen LogP contribution >= 0.6 is 11.6 Å². The summed E-state index contributed by atoms with van der Waals surface area (Å²) in [6.07, 6.45) is 0. The molecular weight excluding hydrogens is 308 g/mol. The van der Waals surface area contributed by atoms with Crippen molar-refractivity contribution in [2.75, 3.05) is 5.32 Å². The Kier molecular flexibility index (Phi) is 4.22. The Morgan fingerprint density at radius 1 is 1.17 bits per heavy atom. The minimum atomic E-state index is -0.0482. The van der Waals surface area contributed by atoms with Gasteiger partial charge in [-0.1, -0.05) is 43.6 Å². The molecule has 116 valence electrons. The van der Waals surface area contributed by atoms with E-state index in [1.165, 1.54) is 0 Å². The standard InChI is InChI=1S/C18H17ClN4/c1-11(2)17(18-22-15-7-3-4-8-16(15)23-18)21-14-9-5-6-13(19)12(14)10-20/h3-9,11,17,21H,1-2H3,(H,22,23). The number of H-pyrrole nitrogens is 1. The SMILES string of the molecule is CC(C)C(Nc1cccc(Cl)c1C#N)c1nc2ccccc2[nH]1. The van der Waals surface area contributed by atoms with Crippen LogP contribution in [0.2, 0.25) is 5.02 Å². The van der Waals surface area contributed by atoms with E-state index in [2.05, 4.69) is 35.2 Å². The van der Waals surface area contributed by atoms with Gasteiger partial charge in [0.15, 0.2) is 0 Å². The number of nitriles is 1. The molecule has 1 aromatic heterocycles. The third-order valence-corrected chi connectivity index (χ3v) is 4.12. The molecule has 2 N–H and O–H groups in total. The first-order chi connectivity index (χ1) is 11.1. The summed E-state index contributed by atoms with van der Waals surface area (Å²) in [7, 11) is 0. The smallest absolute Gasteiger partial charge is 0.130 e. The maximum absolute atomic E-state index is 9.34. The predicted octanol–water partition coefficient (Wildman–Crippen LogP) is 4.90. The number of aromatic amines is 1. The van der Waals surface area contributed by atoms with Gasteiger partial charge in [-0.15, -0.1) is 0 Å². The van der Waals surface area contributed by atoms with Crippen molar-refractivity contribution < 1.29 is 0 Å². The van der Waals surface area contributed by atoms with Gasteiger partial charge in [0.1, 0.15) is 11.9 Å². The van der Waals surface area contributed by atoms with Crippen LogP contribution in [0.5, 0.6) is 0 Å². The molecule has 0 aliphatic heterocycles. The second kappa shape index (κ2) is 6.31. The Morgan fingerprint density at radius 3 is 2.65 bits per heavy atom. The second-order valence-corrected chi connectivity index (χ2v) is 6.19. The minimum Gasteiger partial charge on any atom is -0.374 e. The number of para-hydroxylation sites is 2. The van der Waals surface area contributed by atoms with Crippen LogP contribution in [0.4, 0.5) is 5.69 Å². The molecule has 2 aromatic carbocycles. The van der Waals surface area contributed by atoms with Crippen LogP contribution < -0.4 is 5.32 Å². The molecule has 1 heterocycles. The molecule has 0 fully saturated rings. The van der Waals surface area contributed by atoms with Gasteiger partial charge in [0, 0.05) is 0 Å². The van der Waals surface area contributed by atoms with Gasteiger partial charge >= 0.3 is 0 Å².